The highest BCUT2D eigenvalue weighted by Crippen LogP contribution is 2.62. The molecule has 0 unspecified atom stereocenters. The molecule has 6 N–H and O–H groups in total. The zero-order valence-electron chi connectivity index (χ0n) is 18.1. The van der Waals surface area contributed by atoms with Crippen molar-refractivity contribution in [1.82, 2.24) is 4.90 Å². The Kier molecular flexibility index (Phi) is 5.52. The third-order valence-corrected chi connectivity index (χ3v) is 7.84. The van der Waals surface area contributed by atoms with Gasteiger partial charge in [0.15, 0.2) is 17.6 Å². The average molecular weight is 463 g/mol. The largest absolute Gasteiger partial charge is 0.482 e. The Morgan fingerprint density at radius 2 is 2.00 bits per heavy atom. The standard InChI is InChI=1S/C23H29NO9/c1-24-7-6-23-11-3-4-13(26)21(23)33-20-15(5-2-10(16(20)23)8-12(11)24)32-22(31)19(30)18(29)17(28)14(27)9-25/h2-5,11-14,17-19,21,25-30H,6-9H2,1H3/t11-,12+,13-,14+,17+,18-,19+,21-,23-/m0/s1. The van der Waals surface area contributed by atoms with Gasteiger partial charge < -0.3 is 45.0 Å². The van der Waals surface area contributed by atoms with Gasteiger partial charge in [0.1, 0.15) is 30.5 Å². The molecule has 10 nitrogen and oxygen atoms in total. The van der Waals surface area contributed by atoms with Crippen LogP contribution < -0.4 is 9.47 Å². The van der Waals surface area contributed by atoms with Crippen LogP contribution in [0.3, 0.4) is 0 Å². The van der Waals surface area contributed by atoms with Gasteiger partial charge >= 0.3 is 5.97 Å². The summed E-state index contributed by atoms with van der Waals surface area (Å²) in [6, 6.07) is 3.68. The van der Waals surface area contributed by atoms with Crippen molar-refractivity contribution in [1.29, 1.82) is 0 Å². The van der Waals surface area contributed by atoms with E-state index in [4.69, 9.17) is 14.6 Å². The number of ether oxygens (including phenoxy) is 2. The molecule has 2 heterocycles. The van der Waals surface area contributed by atoms with E-state index in [1.54, 1.807) is 12.1 Å². The van der Waals surface area contributed by atoms with E-state index in [-0.39, 0.29) is 17.7 Å². The maximum absolute atomic E-state index is 12.6. The number of carbonyl (C=O) groups excluding carboxylic acids is 1. The Balaban J connectivity index is 1.48. The lowest BCUT2D eigenvalue weighted by Crippen LogP contribution is -2.64. The number of nitrogens with zero attached hydrogens (tertiary/aromatic N) is 1. The van der Waals surface area contributed by atoms with Gasteiger partial charge in [-0.2, -0.15) is 0 Å². The Labute approximate surface area is 190 Å². The number of benzene rings is 1. The molecule has 1 spiro atoms. The van der Waals surface area contributed by atoms with E-state index in [1.807, 2.05) is 6.07 Å². The first-order chi connectivity index (χ1) is 15.7. The molecule has 0 aromatic heterocycles. The number of aliphatic hydroxyl groups excluding tert-OH is 6. The molecule has 1 saturated heterocycles. The molecule has 9 atom stereocenters. The SMILES string of the molecule is CN1CC[C@]23c4c5ccc(OC(=O)[C@H](O)[C@@H](O)[C@H](O)[C@H](O)CO)c4O[C@H]2[C@@H](O)C=C[C@H]3[C@H]1C5. The summed E-state index contributed by atoms with van der Waals surface area (Å²) in [6.07, 6.45) is -3.92. The topological polar surface area (TPSA) is 160 Å². The lowest BCUT2D eigenvalue weighted by atomic mass is 9.53. The molecule has 2 bridgehead atoms. The molecule has 5 rings (SSSR count). The molecule has 0 radical (unpaired) electrons. The van der Waals surface area contributed by atoms with Crippen molar-refractivity contribution in [3.63, 3.8) is 0 Å². The monoisotopic (exact) mass is 463 g/mol. The van der Waals surface area contributed by atoms with Gasteiger partial charge in [0, 0.05) is 22.9 Å². The van der Waals surface area contributed by atoms with Gasteiger partial charge in [0.25, 0.3) is 0 Å². The van der Waals surface area contributed by atoms with Gasteiger partial charge in [-0.1, -0.05) is 18.2 Å². The summed E-state index contributed by atoms with van der Waals surface area (Å²) in [5, 5.41) is 59.1. The first kappa shape index (κ1) is 22.7. The maximum Gasteiger partial charge on any atom is 0.343 e. The van der Waals surface area contributed by atoms with Crippen molar-refractivity contribution in [3.05, 3.63) is 35.4 Å². The normalized spacial score (nSPS) is 35.2. The number of hydrogen-bond acceptors (Lipinski definition) is 10. The van der Waals surface area contributed by atoms with Crippen molar-refractivity contribution in [2.75, 3.05) is 20.2 Å². The lowest BCUT2D eigenvalue weighted by Gasteiger charge is -2.56. The van der Waals surface area contributed by atoms with E-state index in [0.29, 0.717) is 5.75 Å². The van der Waals surface area contributed by atoms with Crippen molar-refractivity contribution < 1.29 is 44.9 Å². The van der Waals surface area contributed by atoms with Gasteiger partial charge in [-0.05, 0) is 38.1 Å². The summed E-state index contributed by atoms with van der Waals surface area (Å²) in [7, 11) is 2.10. The highest BCUT2D eigenvalue weighted by atomic mass is 16.6. The minimum Gasteiger partial charge on any atom is -0.482 e. The van der Waals surface area contributed by atoms with Gasteiger partial charge in [-0.15, -0.1) is 0 Å². The molecule has 10 heteroatoms. The molecular weight excluding hydrogens is 434 g/mol. The number of piperidine rings is 1. The third kappa shape index (κ3) is 3.17. The zero-order chi connectivity index (χ0) is 23.7. The van der Waals surface area contributed by atoms with E-state index in [1.165, 1.54) is 0 Å². The molecule has 1 fully saturated rings. The highest BCUT2D eigenvalue weighted by Gasteiger charge is 2.64. The van der Waals surface area contributed by atoms with E-state index >= 15 is 0 Å². The van der Waals surface area contributed by atoms with Crippen LogP contribution in [0.1, 0.15) is 17.5 Å². The summed E-state index contributed by atoms with van der Waals surface area (Å²) in [5.74, 6) is -0.716. The fourth-order valence-corrected chi connectivity index (χ4v) is 6.14. The minimum absolute atomic E-state index is 0.0503. The van der Waals surface area contributed by atoms with Crippen LogP contribution in [0, 0.1) is 5.92 Å². The van der Waals surface area contributed by atoms with Crippen molar-refractivity contribution in [2.24, 2.45) is 5.92 Å². The second-order valence-electron chi connectivity index (χ2n) is 9.51. The fourth-order valence-electron chi connectivity index (χ4n) is 6.14. The van der Waals surface area contributed by atoms with Crippen molar-refractivity contribution >= 4 is 5.97 Å². The minimum atomic E-state index is -2.17. The molecule has 2 aliphatic carbocycles. The molecule has 1 aromatic carbocycles. The molecule has 0 saturated carbocycles. The van der Waals surface area contributed by atoms with E-state index < -0.39 is 54.6 Å². The number of carbonyl (C=O) groups is 1. The van der Waals surface area contributed by atoms with Gasteiger partial charge in [-0.3, -0.25) is 0 Å². The Bertz CT molecular complexity index is 983. The van der Waals surface area contributed by atoms with E-state index in [0.717, 1.165) is 30.5 Å². The number of rotatable bonds is 6. The highest BCUT2D eigenvalue weighted by molar-refractivity contribution is 5.79. The number of aliphatic hydroxyl groups is 6. The van der Waals surface area contributed by atoms with E-state index in [9.17, 15) is 30.3 Å². The molecule has 1 aromatic rings. The second kappa shape index (κ2) is 8.02. The summed E-state index contributed by atoms with van der Waals surface area (Å²) in [5.41, 5.74) is 1.53. The van der Waals surface area contributed by atoms with Crippen LogP contribution in [0.15, 0.2) is 24.3 Å². The van der Waals surface area contributed by atoms with Gasteiger partial charge in [-0.25, -0.2) is 4.79 Å². The quantitative estimate of drug-likeness (QED) is 0.156. The second-order valence-corrected chi connectivity index (χ2v) is 9.51. The van der Waals surface area contributed by atoms with Crippen LogP contribution in [-0.2, 0) is 16.6 Å². The molecule has 0 amide bonds. The Hall–Kier alpha value is -2.05. The third-order valence-electron chi connectivity index (χ3n) is 7.84. The van der Waals surface area contributed by atoms with Gasteiger partial charge in [0.2, 0.25) is 0 Å². The van der Waals surface area contributed by atoms with Crippen LogP contribution in [0.4, 0.5) is 0 Å². The van der Waals surface area contributed by atoms with Crippen LogP contribution >= 0.6 is 0 Å². The number of likely N-dealkylation sites (tertiary alicyclic amines) is 1. The predicted molar refractivity (Wildman–Crippen MR) is 113 cm³/mol. The van der Waals surface area contributed by atoms with E-state index in [2.05, 4.69) is 18.0 Å². The summed E-state index contributed by atoms with van der Waals surface area (Å²) >= 11 is 0. The summed E-state index contributed by atoms with van der Waals surface area (Å²) in [4.78, 5) is 14.9. The Morgan fingerprint density at radius 1 is 1.24 bits per heavy atom. The number of likely N-dealkylation sites (N-methyl/N-ethyl adjacent to an activating group) is 1. The molecule has 33 heavy (non-hydrogen) atoms. The molecule has 4 aliphatic rings. The van der Waals surface area contributed by atoms with Gasteiger partial charge in [0.05, 0.1) is 6.61 Å². The maximum atomic E-state index is 12.6. The van der Waals surface area contributed by atoms with Crippen LogP contribution in [0.5, 0.6) is 11.5 Å². The first-order valence-electron chi connectivity index (χ1n) is 11.1. The molecule has 2 aliphatic heterocycles. The fraction of sp³-hybridized carbons (Fsp3) is 0.609. The summed E-state index contributed by atoms with van der Waals surface area (Å²) in [6.45, 7) is -0.0273. The molecule has 180 valence electrons. The first-order valence-corrected chi connectivity index (χ1v) is 11.1. The van der Waals surface area contributed by atoms with Crippen molar-refractivity contribution in [3.8, 4) is 11.5 Å². The van der Waals surface area contributed by atoms with Crippen LogP contribution in [-0.4, -0.2) is 104 Å². The van der Waals surface area contributed by atoms with Crippen LogP contribution in [0.25, 0.3) is 0 Å². The molecular formula is C23H29NO9. The smallest absolute Gasteiger partial charge is 0.343 e. The average Bonchev–Trinajstić information content (AvgIpc) is 3.17. The lowest BCUT2D eigenvalue weighted by molar-refractivity contribution is -0.161. The van der Waals surface area contributed by atoms with Crippen LogP contribution in [0.2, 0.25) is 0 Å². The zero-order valence-corrected chi connectivity index (χ0v) is 18.1. The number of hydrogen-bond donors (Lipinski definition) is 6. The van der Waals surface area contributed by atoms with Crippen molar-refractivity contribution in [2.45, 2.75) is 60.9 Å². The number of esters is 1. The summed E-state index contributed by atoms with van der Waals surface area (Å²) < 4.78 is 11.6. The Morgan fingerprint density at radius 3 is 2.73 bits per heavy atom. The predicted octanol–water partition coefficient (Wildman–Crippen LogP) is -2.17.